The van der Waals surface area contributed by atoms with Crippen LogP contribution in [0.2, 0.25) is 0 Å². The van der Waals surface area contributed by atoms with Crippen molar-refractivity contribution in [3.05, 3.63) is 65.7 Å². The van der Waals surface area contributed by atoms with Crippen molar-refractivity contribution >= 4 is 40.9 Å². The van der Waals surface area contributed by atoms with Gasteiger partial charge in [0.25, 0.3) is 5.91 Å². The summed E-state index contributed by atoms with van der Waals surface area (Å²) in [6.45, 7) is 2.57. The van der Waals surface area contributed by atoms with E-state index in [4.69, 9.17) is 17.0 Å². The van der Waals surface area contributed by atoms with Gasteiger partial charge in [-0.15, -0.1) is 0 Å². The summed E-state index contributed by atoms with van der Waals surface area (Å²) in [5.41, 5.74) is 1.84. The van der Waals surface area contributed by atoms with E-state index in [9.17, 15) is 9.59 Å². The number of thiocarbonyl (C=S) groups is 1. The highest BCUT2D eigenvalue weighted by atomic mass is 32.1. The largest absolute Gasteiger partial charge is 0.497 e. The molecule has 0 unspecified atom stereocenters. The van der Waals surface area contributed by atoms with Crippen molar-refractivity contribution in [1.29, 1.82) is 0 Å². The Morgan fingerprint density at radius 1 is 1.11 bits per heavy atom. The van der Waals surface area contributed by atoms with Gasteiger partial charge in [-0.25, -0.2) is 0 Å². The van der Waals surface area contributed by atoms with Crippen LogP contribution in [0.4, 0.5) is 5.69 Å². The molecule has 0 aliphatic heterocycles. The zero-order valence-corrected chi connectivity index (χ0v) is 16.6. The number of carbonyl (C=O) groups is 2. The summed E-state index contributed by atoms with van der Waals surface area (Å²) < 4.78 is 5.09. The van der Waals surface area contributed by atoms with Crippen LogP contribution >= 0.6 is 12.2 Å². The number of amides is 2. The number of benzene rings is 2. The van der Waals surface area contributed by atoms with Crippen molar-refractivity contribution in [2.24, 2.45) is 0 Å². The molecule has 0 aliphatic carbocycles. The summed E-state index contributed by atoms with van der Waals surface area (Å²) in [7, 11) is 1.60. The summed E-state index contributed by atoms with van der Waals surface area (Å²) >= 11 is 5.18. The van der Waals surface area contributed by atoms with Gasteiger partial charge in [-0.3, -0.25) is 14.9 Å². The van der Waals surface area contributed by atoms with Crippen LogP contribution in [0.1, 0.15) is 29.3 Å². The van der Waals surface area contributed by atoms with E-state index in [0.717, 1.165) is 17.7 Å². The normalized spacial score (nSPS) is 10.4. The van der Waals surface area contributed by atoms with Crippen molar-refractivity contribution in [2.75, 3.05) is 19.0 Å². The number of anilines is 1. The smallest absolute Gasteiger partial charge is 0.253 e. The molecule has 2 rings (SSSR count). The second-order valence-corrected chi connectivity index (χ2v) is 6.26. The molecule has 2 aromatic rings. The highest BCUT2D eigenvalue weighted by molar-refractivity contribution is 7.80. The van der Waals surface area contributed by atoms with E-state index in [1.807, 2.05) is 31.2 Å². The van der Waals surface area contributed by atoms with E-state index in [1.54, 1.807) is 37.5 Å². The van der Waals surface area contributed by atoms with Gasteiger partial charge in [-0.1, -0.05) is 31.2 Å². The maximum absolute atomic E-state index is 12.2. The van der Waals surface area contributed by atoms with Crippen LogP contribution in [-0.2, 0) is 4.79 Å². The summed E-state index contributed by atoms with van der Waals surface area (Å²) in [6, 6.07) is 14.3. The predicted octanol–water partition coefficient (Wildman–Crippen LogP) is 3.36. The Kier molecular flexibility index (Phi) is 8.17. The van der Waals surface area contributed by atoms with Gasteiger partial charge in [0, 0.05) is 12.6 Å². The first-order chi connectivity index (χ1) is 13.5. The standard InChI is InChI=1S/C21H23N3O3S/c1-3-14-22-20(26)17-6-4-5-7-18(17)23-21(28)24-19(25)13-10-15-8-11-16(27-2)12-9-15/h4-13H,3,14H2,1-2H3,(H,22,26)(H2,23,24,25,28). The Morgan fingerprint density at radius 3 is 2.50 bits per heavy atom. The number of hydrogen-bond acceptors (Lipinski definition) is 4. The third-order valence-electron chi connectivity index (χ3n) is 3.74. The Bertz CT molecular complexity index is 863. The van der Waals surface area contributed by atoms with Gasteiger partial charge >= 0.3 is 0 Å². The SMILES string of the molecule is CCCNC(=O)c1ccccc1NC(=S)NC(=O)C=Cc1ccc(OC)cc1. The lowest BCUT2D eigenvalue weighted by molar-refractivity contribution is -0.115. The second-order valence-electron chi connectivity index (χ2n) is 5.85. The molecule has 0 atom stereocenters. The first-order valence-electron chi connectivity index (χ1n) is 8.84. The Labute approximate surface area is 170 Å². The number of para-hydroxylation sites is 1. The fourth-order valence-corrected chi connectivity index (χ4v) is 2.53. The molecule has 0 aromatic heterocycles. The molecule has 0 saturated heterocycles. The molecule has 7 heteroatoms. The molecule has 2 amide bonds. The molecule has 0 aliphatic rings. The highest BCUT2D eigenvalue weighted by Crippen LogP contribution is 2.15. The molecular formula is C21H23N3O3S. The number of rotatable bonds is 7. The predicted molar refractivity (Wildman–Crippen MR) is 115 cm³/mol. The topological polar surface area (TPSA) is 79.5 Å². The van der Waals surface area contributed by atoms with E-state index in [1.165, 1.54) is 6.08 Å². The third-order valence-corrected chi connectivity index (χ3v) is 3.94. The monoisotopic (exact) mass is 397 g/mol. The first-order valence-corrected chi connectivity index (χ1v) is 9.25. The minimum atomic E-state index is -0.374. The van der Waals surface area contributed by atoms with Crippen LogP contribution < -0.4 is 20.7 Å². The van der Waals surface area contributed by atoms with Crippen LogP contribution in [0.15, 0.2) is 54.6 Å². The molecule has 6 nitrogen and oxygen atoms in total. The minimum Gasteiger partial charge on any atom is -0.497 e. The van der Waals surface area contributed by atoms with E-state index in [-0.39, 0.29) is 16.9 Å². The van der Waals surface area contributed by atoms with Crippen LogP contribution in [0.25, 0.3) is 6.08 Å². The van der Waals surface area contributed by atoms with Crippen molar-refractivity contribution in [3.63, 3.8) is 0 Å². The maximum Gasteiger partial charge on any atom is 0.253 e. The molecule has 3 N–H and O–H groups in total. The fraction of sp³-hybridized carbons (Fsp3) is 0.190. The van der Waals surface area contributed by atoms with Crippen LogP contribution in [0.5, 0.6) is 5.75 Å². The molecule has 0 spiro atoms. The highest BCUT2D eigenvalue weighted by Gasteiger charge is 2.11. The van der Waals surface area contributed by atoms with E-state index in [2.05, 4.69) is 16.0 Å². The molecule has 0 bridgehead atoms. The quantitative estimate of drug-likeness (QED) is 0.493. The van der Waals surface area contributed by atoms with Gasteiger partial charge in [0.15, 0.2) is 5.11 Å². The molecular weight excluding hydrogens is 374 g/mol. The molecule has 0 radical (unpaired) electrons. The molecule has 0 heterocycles. The Hall–Kier alpha value is -3.19. The lowest BCUT2D eigenvalue weighted by Gasteiger charge is -2.12. The molecule has 0 saturated carbocycles. The fourth-order valence-electron chi connectivity index (χ4n) is 2.32. The number of hydrogen-bond donors (Lipinski definition) is 3. The van der Waals surface area contributed by atoms with Crippen LogP contribution in [0.3, 0.4) is 0 Å². The number of methoxy groups -OCH3 is 1. The molecule has 146 valence electrons. The summed E-state index contributed by atoms with van der Waals surface area (Å²) in [5, 5.41) is 8.40. The van der Waals surface area contributed by atoms with Crippen molar-refractivity contribution < 1.29 is 14.3 Å². The minimum absolute atomic E-state index is 0.111. The van der Waals surface area contributed by atoms with Gasteiger partial charge in [0.2, 0.25) is 5.91 Å². The number of carbonyl (C=O) groups excluding carboxylic acids is 2. The third kappa shape index (κ3) is 6.51. The summed E-state index contributed by atoms with van der Waals surface area (Å²) in [5.74, 6) is 0.174. The summed E-state index contributed by atoms with van der Waals surface area (Å²) in [4.78, 5) is 24.3. The second kappa shape index (κ2) is 10.8. The van der Waals surface area contributed by atoms with Gasteiger partial charge in [-0.2, -0.15) is 0 Å². The van der Waals surface area contributed by atoms with Crippen molar-refractivity contribution in [3.8, 4) is 5.75 Å². The Balaban J connectivity index is 1.95. The molecule has 0 fully saturated rings. The van der Waals surface area contributed by atoms with Crippen molar-refractivity contribution in [1.82, 2.24) is 10.6 Å². The van der Waals surface area contributed by atoms with Crippen molar-refractivity contribution in [2.45, 2.75) is 13.3 Å². The average molecular weight is 398 g/mol. The van der Waals surface area contributed by atoms with Gasteiger partial charge in [-0.05, 0) is 54.5 Å². The zero-order chi connectivity index (χ0) is 20.4. The van der Waals surface area contributed by atoms with Gasteiger partial charge < -0.3 is 15.4 Å². The summed E-state index contributed by atoms with van der Waals surface area (Å²) in [6.07, 6.45) is 3.90. The maximum atomic E-state index is 12.2. The van der Waals surface area contributed by atoms with Gasteiger partial charge in [0.1, 0.15) is 5.75 Å². The first kappa shape index (κ1) is 21.1. The molecule has 28 heavy (non-hydrogen) atoms. The Morgan fingerprint density at radius 2 is 1.82 bits per heavy atom. The number of ether oxygens (including phenoxy) is 1. The van der Waals surface area contributed by atoms with E-state index < -0.39 is 0 Å². The lowest BCUT2D eigenvalue weighted by atomic mass is 10.1. The van der Waals surface area contributed by atoms with Crippen LogP contribution in [0, 0.1) is 0 Å². The van der Waals surface area contributed by atoms with Crippen LogP contribution in [-0.4, -0.2) is 30.6 Å². The lowest BCUT2D eigenvalue weighted by Crippen LogP contribution is -2.34. The average Bonchev–Trinajstić information content (AvgIpc) is 2.71. The molecule has 2 aromatic carbocycles. The number of nitrogens with one attached hydrogen (secondary N) is 3. The van der Waals surface area contributed by atoms with E-state index in [0.29, 0.717) is 17.8 Å². The van der Waals surface area contributed by atoms with Gasteiger partial charge in [0.05, 0.1) is 18.4 Å². The zero-order valence-electron chi connectivity index (χ0n) is 15.8. The van der Waals surface area contributed by atoms with E-state index >= 15 is 0 Å².